The number of nitrogens with zero attached hydrogens (tertiary/aromatic N) is 1. The molecule has 0 unspecified atom stereocenters. The predicted octanol–water partition coefficient (Wildman–Crippen LogP) is 3.13. The summed E-state index contributed by atoms with van der Waals surface area (Å²) >= 11 is 6.03. The number of hydrogen-bond acceptors (Lipinski definition) is 2. The van der Waals surface area contributed by atoms with Gasteiger partial charge in [0.2, 0.25) is 5.91 Å². The molecule has 3 rings (SSSR count). The predicted molar refractivity (Wildman–Crippen MR) is 83.3 cm³/mol. The second kappa shape index (κ2) is 5.86. The first kappa shape index (κ1) is 14.1. The smallest absolute Gasteiger partial charge is 0.230 e. The Hall–Kier alpha value is -1.87. The Balaban J connectivity index is 1.60. The number of aromatic nitrogens is 1. The van der Waals surface area contributed by atoms with Gasteiger partial charge in [-0.3, -0.25) is 9.78 Å². The summed E-state index contributed by atoms with van der Waals surface area (Å²) in [6.45, 7) is 0.632. The van der Waals surface area contributed by atoms with Crippen LogP contribution in [0.2, 0.25) is 5.02 Å². The maximum atomic E-state index is 12.5. The molecule has 1 aliphatic carbocycles. The van der Waals surface area contributed by atoms with E-state index >= 15 is 0 Å². The summed E-state index contributed by atoms with van der Waals surface area (Å²) in [5.41, 5.74) is 1.79. The maximum absolute atomic E-state index is 12.5. The molecule has 1 aliphatic rings. The van der Waals surface area contributed by atoms with E-state index in [1.165, 1.54) is 0 Å². The highest BCUT2D eigenvalue weighted by Gasteiger charge is 2.51. The third-order valence-electron chi connectivity index (χ3n) is 3.98. The van der Waals surface area contributed by atoms with Crippen molar-refractivity contribution in [2.45, 2.75) is 24.7 Å². The molecule has 1 aromatic heterocycles. The topological polar surface area (TPSA) is 42.0 Å². The standard InChI is InChI=1S/C17H17ClN2O/c18-15-5-1-4-14(11-15)17(7-8-17)16(21)20-10-6-13-3-2-9-19-12-13/h1-5,9,11-12H,6-8,10H2,(H,20,21). The van der Waals surface area contributed by atoms with Crippen LogP contribution in [0.4, 0.5) is 0 Å². The van der Waals surface area contributed by atoms with Crippen molar-refractivity contribution in [2.24, 2.45) is 0 Å². The van der Waals surface area contributed by atoms with Crippen molar-refractivity contribution in [1.82, 2.24) is 10.3 Å². The molecular formula is C17H17ClN2O. The molecule has 108 valence electrons. The van der Waals surface area contributed by atoms with Crippen LogP contribution in [0.25, 0.3) is 0 Å². The lowest BCUT2D eigenvalue weighted by Crippen LogP contribution is -2.35. The lowest BCUT2D eigenvalue weighted by Gasteiger charge is -2.16. The van der Waals surface area contributed by atoms with Crippen molar-refractivity contribution in [2.75, 3.05) is 6.54 Å². The largest absolute Gasteiger partial charge is 0.355 e. The highest BCUT2D eigenvalue weighted by molar-refractivity contribution is 6.30. The minimum absolute atomic E-state index is 0.105. The highest BCUT2D eigenvalue weighted by Crippen LogP contribution is 2.48. The summed E-state index contributed by atoms with van der Waals surface area (Å²) in [6.07, 6.45) is 6.17. The van der Waals surface area contributed by atoms with Gasteiger partial charge in [-0.15, -0.1) is 0 Å². The third-order valence-corrected chi connectivity index (χ3v) is 4.22. The summed E-state index contributed by atoms with van der Waals surface area (Å²) in [5, 5.41) is 3.72. The Labute approximate surface area is 129 Å². The molecule has 1 aromatic carbocycles. The number of hydrogen-bond donors (Lipinski definition) is 1. The number of carbonyl (C=O) groups excluding carboxylic acids is 1. The van der Waals surface area contributed by atoms with Crippen LogP contribution in [0.15, 0.2) is 48.8 Å². The Morgan fingerprint density at radius 3 is 2.81 bits per heavy atom. The SMILES string of the molecule is O=C(NCCc1cccnc1)C1(c2cccc(Cl)c2)CC1. The quantitative estimate of drug-likeness (QED) is 0.922. The van der Waals surface area contributed by atoms with Gasteiger partial charge in [0.1, 0.15) is 0 Å². The van der Waals surface area contributed by atoms with Gasteiger partial charge < -0.3 is 5.32 Å². The Kier molecular flexibility index (Phi) is 3.93. The van der Waals surface area contributed by atoms with Gasteiger partial charge in [-0.25, -0.2) is 0 Å². The first-order valence-electron chi connectivity index (χ1n) is 7.14. The molecule has 4 heteroatoms. The van der Waals surface area contributed by atoms with Crippen molar-refractivity contribution in [1.29, 1.82) is 0 Å². The van der Waals surface area contributed by atoms with E-state index in [0.717, 1.165) is 30.4 Å². The average Bonchev–Trinajstić information content (AvgIpc) is 3.30. The molecule has 3 nitrogen and oxygen atoms in total. The number of halogens is 1. The molecule has 0 saturated heterocycles. The van der Waals surface area contributed by atoms with E-state index in [0.29, 0.717) is 11.6 Å². The number of amides is 1. The fraction of sp³-hybridized carbons (Fsp3) is 0.294. The molecule has 1 saturated carbocycles. The second-order valence-electron chi connectivity index (χ2n) is 5.46. The van der Waals surface area contributed by atoms with Gasteiger partial charge in [-0.05, 0) is 48.6 Å². The Morgan fingerprint density at radius 1 is 1.29 bits per heavy atom. The van der Waals surface area contributed by atoms with E-state index in [2.05, 4.69) is 10.3 Å². The summed E-state index contributed by atoms with van der Waals surface area (Å²) in [5.74, 6) is 0.105. The summed E-state index contributed by atoms with van der Waals surface area (Å²) in [4.78, 5) is 16.5. The molecule has 1 heterocycles. The zero-order valence-electron chi connectivity index (χ0n) is 11.7. The van der Waals surface area contributed by atoms with Crippen LogP contribution >= 0.6 is 11.6 Å². The van der Waals surface area contributed by atoms with Crippen molar-refractivity contribution >= 4 is 17.5 Å². The molecule has 1 fully saturated rings. The minimum Gasteiger partial charge on any atom is -0.355 e. The second-order valence-corrected chi connectivity index (χ2v) is 5.90. The summed E-state index contributed by atoms with van der Waals surface area (Å²) in [6, 6.07) is 11.5. The zero-order valence-corrected chi connectivity index (χ0v) is 12.4. The van der Waals surface area contributed by atoms with Crippen molar-refractivity contribution in [3.05, 3.63) is 64.9 Å². The van der Waals surface area contributed by atoms with Gasteiger partial charge in [0.25, 0.3) is 0 Å². The van der Waals surface area contributed by atoms with Crippen molar-refractivity contribution < 1.29 is 4.79 Å². The minimum atomic E-state index is -0.361. The molecule has 0 bridgehead atoms. The van der Waals surface area contributed by atoms with Gasteiger partial charge in [0.05, 0.1) is 5.41 Å². The first-order valence-corrected chi connectivity index (χ1v) is 7.52. The Morgan fingerprint density at radius 2 is 2.14 bits per heavy atom. The lowest BCUT2D eigenvalue weighted by molar-refractivity contribution is -0.123. The molecular weight excluding hydrogens is 284 g/mol. The van der Waals surface area contributed by atoms with E-state index in [1.807, 2.05) is 42.6 Å². The van der Waals surface area contributed by atoms with Crippen LogP contribution in [0.3, 0.4) is 0 Å². The number of rotatable bonds is 5. The van der Waals surface area contributed by atoms with E-state index < -0.39 is 0 Å². The summed E-state index contributed by atoms with van der Waals surface area (Å²) < 4.78 is 0. The molecule has 1 N–H and O–H groups in total. The van der Waals surface area contributed by atoms with Crippen LogP contribution in [-0.2, 0) is 16.6 Å². The lowest BCUT2D eigenvalue weighted by atomic mass is 9.95. The molecule has 0 aliphatic heterocycles. The maximum Gasteiger partial charge on any atom is 0.230 e. The van der Waals surface area contributed by atoms with Crippen molar-refractivity contribution in [3.63, 3.8) is 0 Å². The van der Waals surface area contributed by atoms with Crippen LogP contribution in [0.1, 0.15) is 24.0 Å². The monoisotopic (exact) mass is 300 g/mol. The van der Waals surface area contributed by atoms with Gasteiger partial charge in [0.15, 0.2) is 0 Å². The van der Waals surface area contributed by atoms with Gasteiger partial charge >= 0.3 is 0 Å². The van der Waals surface area contributed by atoms with Crippen LogP contribution in [0, 0.1) is 0 Å². The number of nitrogens with one attached hydrogen (secondary N) is 1. The van der Waals surface area contributed by atoms with E-state index in [4.69, 9.17) is 11.6 Å². The van der Waals surface area contributed by atoms with Crippen LogP contribution in [0.5, 0.6) is 0 Å². The van der Waals surface area contributed by atoms with Crippen LogP contribution < -0.4 is 5.32 Å². The van der Waals surface area contributed by atoms with Gasteiger partial charge in [-0.1, -0.05) is 29.8 Å². The van der Waals surface area contributed by atoms with E-state index in [-0.39, 0.29) is 11.3 Å². The highest BCUT2D eigenvalue weighted by atomic mass is 35.5. The fourth-order valence-corrected chi connectivity index (χ4v) is 2.78. The molecule has 2 aromatic rings. The van der Waals surface area contributed by atoms with Gasteiger partial charge in [-0.2, -0.15) is 0 Å². The average molecular weight is 301 g/mol. The third kappa shape index (κ3) is 3.08. The van der Waals surface area contributed by atoms with Crippen LogP contribution in [-0.4, -0.2) is 17.4 Å². The molecule has 0 radical (unpaired) electrons. The van der Waals surface area contributed by atoms with E-state index in [1.54, 1.807) is 6.20 Å². The normalized spacial score (nSPS) is 15.5. The molecule has 21 heavy (non-hydrogen) atoms. The zero-order chi connectivity index (χ0) is 14.7. The number of pyridine rings is 1. The molecule has 0 atom stereocenters. The number of carbonyl (C=O) groups is 1. The van der Waals surface area contributed by atoms with Crippen molar-refractivity contribution in [3.8, 4) is 0 Å². The molecule has 0 spiro atoms. The fourth-order valence-electron chi connectivity index (χ4n) is 2.59. The van der Waals surface area contributed by atoms with E-state index in [9.17, 15) is 4.79 Å². The Bertz CT molecular complexity index is 638. The molecule has 1 amide bonds. The number of benzene rings is 1. The first-order chi connectivity index (χ1) is 10.2. The van der Waals surface area contributed by atoms with Gasteiger partial charge in [0, 0.05) is 24.0 Å². The summed E-state index contributed by atoms with van der Waals surface area (Å²) in [7, 11) is 0.